The molecular weight excluding hydrogens is 382 g/mol. The Hall–Kier alpha value is -2.65. The maximum absolute atomic E-state index is 5.27. The maximum atomic E-state index is 5.27. The minimum atomic E-state index is 0.208. The van der Waals surface area contributed by atoms with Crippen molar-refractivity contribution >= 4 is 5.96 Å². The van der Waals surface area contributed by atoms with Gasteiger partial charge in [0, 0.05) is 33.2 Å². The second-order valence-electron chi connectivity index (χ2n) is 7.65. The molecule has 0 fully saturated rings. The number of methoxy groups -OCH3 is 2. The van der Waals surface area contributed by atoms with Crippen LogP contribution in [0.15, 0.2) is 29.3 Å². The first-order chi connectivity index (χ1) is 14.5. The van der Waals surface area contributed by atoms with Gasteiger partial charge in [0.25, 0.3) is 0 Å². The number of likely N-dealkylation sites (N-methyl/N-ethyl adjacent to an activating group) is 1. The Morgan fingerprint density at radius 2 is 2.07 bits per heavy atom. The van der Waals surface area contributed by atoms with Crippen LogP contribution >= 0.6 is 0 Å². The van der Waals surface area contributed by atoms with Gasteiger partial charge < -0.3 is 25.0 Å². The second kappa shape index (κ2) is 10.4. The van der Waals surface area contributed by atoms with E-state index in [1.54, 1.807) is 21.3 Å². The van der Waals surface area contributed by atoms with Crippen molar-refractivity contribution in [2.24, 2.45) is 4.99 Å². The largest absolute Gasteiger partial charge is 0.497 e. The third-order valence-corrected chi connectivity index (χ3v) is 5.33. The molecule has 2 aromatic rings. The van der Waals surface area contributed by atoms with Crippen molar-refractivity contribution in [3.8, 4) is 5.75 Å². The van der Waals surface area contributed by atoms with Crippen LogP contribution < -0.4 is 15.4 Å². The molecule has 2 atom stereocenters. The molecule has 0 radical (unpaired) electrons. The zero-order valence-corrected chi connectivity index (χ0v) is 18.6. The first-order valence-electron chi connectivity index (χ1n) is 10.2. The summed E-state index contributed by atoms with van der Waals surface area (Å²) in [6, 6.07) is 8.65. The predicted molar refractivity (Wildman–Crippen MR) is 117 cm³/mol. The number of nitrogens with one attached hydrogen (secondary N) is 2. The Morgan fingerprint density at radius 1 is 1.30 bits per heavy atom. The lowest BCUT2D eigenvalue weighted by Crippen LogP contribution is -2.48. The Morgan fingerprint density at radius 3 is 2.70 bits per heavy atom. The number of aryl methyl sites for hydroxylation is 1. The first-order valence-corrected chi connectivity index (χ1v) is 10.2. The van der Waals surface area contributed by atoms with Gasteiger partial charge in [0.1, 0.15) is 18.2 Å². The first kappa shape index (κ1) is 22.0. The molecule has 2 heterocycles. The van der Waals surface area contributed by atoms with Crippen molar-refractivity contribution in [2.45, 2.75) is 38.1 Å². The van der Waals surface area contributed by atoms with E-state index in [0.29, 0.717) is 6.61 Å². The summed E-state index contributed by atoms with van der Waals surface area (Å²) in [7, 11) is 9.30. The average Bonchev–Trinajstić information content (AvgIpc) is 3.15. The van der Waals surface area contributed by atoms with Crippen LogP contribution in [0.2, 0.25) is 0 Å². The lowest BCUT2D eigenvalue weighted by atomic mass is 10.1. The molecule has 0 aliphatic carbocycles. The Kier molecular flexibility index (Phi) is 7.64. The van der Waals surface area contributed by atoms with Crippen molar-refractivity contribution in [3.63, 3.8) is 0 Å². The number of fused-ring (bicyclic) bond motifs is 1. The van der Waals surface area contributed by atoms with Gasteiger partial charge in [-0.3, -0.25) is 4.99 Å². The topological polar surface area (TPSA) is 88.8 Å². The van der Waals surface area contributed by atoms with E-state index in [-0.39, 0.29) is 12.1 Å². The van der Waals surface area contributed by atoms with Gasteiger partial charge >= 0.3 is 0 Å². The minimum absolute atomic E-state index is 0.208. The SMILES string of the molecule is CN=C(NCC(c1ccc(OC)cc1)N(C)C)NC1CCc2nc(COC)nn2C1. The molecule has 9 heteroatoms. The fraction of sp³-hybridized carbons (Fsp3) is 0.571. The molecule has 9 nitrogen and oxygen atoms in total. The van der Waals surface area contributed by atoms with Gasteiger partial charge in [0.2, 0.25) is 0 Å². The van der Waals surface area contributed by atoms with E-state index in [1.165, 1.54) is 5.56 Å². The van der Waals surface area contributed by atoms with Gasteiger partial charge in [-0.1, -0.05) is 12.1 Å². The molecule has 0 spiro atoms. The molecule has 2 unspecified atom stereocenters. The summed E-state index contributed by atoms with van der Waals surface area (Å²) in [5.74, 6) is 3.42. The highest BCUT2D eigenvalue weighted by Crippen LogP contribution is 2.21. The Balaban J connectivity index is 1.58. The van der Waals surface area contributed by atoms with E-state index in [1.807, 2.05) is 16.8 Å². The van der Waals surface area contributed by atoms with Crippen LogP contribution in [-0.4, -0.2) is 73.6 Å². The molecule has 1 aromatic carbocycles. The Bertz CT molecular complexity index is 832. The predicted octanol–water partition coefficient (Wildman–Crippen LogP) is 1.22. The number of nitrogens with zero attached hydrogens (tertiary/aromatic N) is 5. The maximum Gasteiger partial charge on any atom is 0.191 e. The molecule has 1 aromatic heterocycles. The summed E-state index contributed by atoms with van der Waals surface area (Å²) in [5.41, 5.74) is 1.22. The fourth-order valence-electron chi connectivity index (χ4n) is 3.67. The summed E-state index contributed by atoms with van der Waals surface area (Å²) >= 11 is 0. The van der Waals surface area contributed by atoms with E-state index < -0.39 is 0 Å². The van der Waals surface area contributed by atoms with E-state index >= 15 is 0 Å². The lowest BCUT2D eigenvalue weighted by molar-refractivity contribution is 0.177. The van der Waals surface area contributed by atoms with Gasteiger partial charge in [0.15, 0.2) is 11.8 Å². The smallest absolute Gasteiger partial charge is 0.191 e. The number of ether oxygens (including phenoxy) is 2. The molecule has 0 amide bonds. The van der Waals surface area contributed by atoms with Crippen LogP contribution in [0, 0.1) is 0 Å². The standard InChI is InChI=1S/C21H33N7O2/c1-22-21(23-12-18(27(2)3)15-6-9-17(30-5)10-7-15)24-16-8-11-20-25-19(14-29-4)26-28(20)13-16/h6-7,9-10,16,18H,8,11-14H2,1-5H3,(H2,22,23,24). The molecule has 3 rings (SSSR count). The number of hydrogen-bond donors (Lipinski definition) is 2. The van der Waals surface area contributed by atoms with Crippen molar-refractivity contribution in [1.82, 2.24) is 30.3 Å². The fourth-order valence-corrected chi connectivity index (χ4v) is 3.67. The van der Waals surface area contributed by atoms with Gasteiger partial charge in [-0.15, -0.1) is 0 Å². The number of hydrogen-bond acceptors (Lipinski definition) is 6. The van der Waals surface area contributed by atoms with Crippen LogP contribution in [0.25, 0.3) is 0 Å². The quantitative estimate of drug-likeness (QED) is 0.495. The molecular formula is C21H33N7O2. The third kappa shape index (κ3) is 5.48. The molecule has 164 valence electrons. The molecule has 0 saturated carbocycles. The number of guanidine groups is 1. The van der Waals surface area contributed by atoms with Gasteiger partial charge in [-0.05, 0) is 38.2 Å². The highest BCUT2D eigenvalue weighted by molar-refractivity contribution is 5.80. The van der Waals surface area contributed by atoms with Crippen LogP contribution in [-0.2, 0) is 24.3 Å². The van der Waals surface area contributed by atoms with Gasteiger partial charge in [-0.25, -0.2) is 9.67 Å². The summed E-state index contributed by atoms with van der Waals surface area (Å²) < 4.78 is 12.4. The van der Waals surface area contributed by atoms with Crippen LogP contribution in [0.5, 0.6) is 5.75 Å². The summed E-state index contributed by atoms with van der Waals surface area (Å²) in [6.45, 7) is 1.94. The van der Waals surface area contributed by atoms with E-state index in [4.69, 9.17) is 9.47 Å². The summed E-state index contributed by atoms with van der Waals surface area (Å²) in [6.07, 6.45) is 1.87. The van der Waals surface area contributed by atoms with Crippen molar-refractivity contribution < 1.29 is 9.47 Å². The van der Waals surface area contributed by atoms with Crippen LogP contribution in [0.1, 0.15) is 29.7 Å². The lowest BCUT2D eigenvalue weighted by Gasteiger charge is -2.28. The minimum Gasteiger partial charge on any atom is -0.497 e. The van der Waals surface area contributed by atoms with E-state index in [2.05, 4.69) is 56.8 Å². The number of aliphatic imine (C=N–C) groups is 1. The molecule has 1 aliphatic heterocycles. The molecule has 2 N–H and O–H groups in total. The second-order valence-corrected chi connectivity index (χ2v) is 7.65. The van der Waals surface area contributed by atoms with Gasteiger partial charge in [-0.2, -0.15) is 5.10 Å². The summed E-state index contributed by atoms with van der Waals surface area (Å²) in [4.78, 5) is 11.1. The molecule has 0 saturated heterocycles. The highest BCUT2D eigenvalue weighted by atomic mass is 16.5. The van der Waals surface area contributed by atoms with Crippen LogP contribution in [0.3, 0.4) is 0 Å². The highest BCUT2D eigenvalue weighted by Gasteiger charge is 2.23. The number of aromatic nitrogens is 3. The molecule has 0 bridgehead atoms. The van der Waals surface area contributed by atoms with E-state index in [9.17, 15) is 0 Å². The third-order valence-electron chi connectivity index (χ3n) is 5.33. The van der Waals surface area contributed by atoms with Crippen LogP contribution in [0.4, 0.5) is 0 Å². The number of rotatable bonds is 8. The van der Waals surface area contributed by atoms with E-state index in [0.717, 1.165) is 49.3 Å². The van der Waals surface area contributed by atoms with Crippen molar-refractivity contribution in [1.29, 1.82) is 0 Å². The number of benzene rings is 1. The molecule has 1 aliphatic rings. The van der Waals surface area contributed by atoms with Crippen molar-refractivity contribution in [3.05, 3.63) is 41.5 Å². The Labute approximate surface area is 178 Å². The molecule has 30 heavy (non-hydrogen) atoms. The average molecular weight is 416 g/mol. The monoisotopic (exact) mass is 415 g/mol. The normalized spacial score (nSPS) is 17.5. The van der Waals surface area contributed by atoms with Gasteiger partial charge in [0.05, 0.1) is 19.7 Å². The zero-order valence-electron chi connectivity index (χ0n) is 18.6. The van der Waals surface area contributed by atoms with Crippen molar-refractivity contribution in [2.75, 3.05) is 41.9 Å². The summed E-state index contributed by atoms with van der Waals surface area (Å²) in [5, 5.41) is 11.5. The zero-order chi connectivity index (χ0) is 21.5.